The lowest BCUT2D eigenvalue weighted by molar-refractivity contribution is -0.125. The molecule has 0 aliphatic rings. The molecule has 9 heteroatoms. The van der Waals surface area contributed by atoms with E-state index >= 15 is 0 Å². The van der Waals surface area contributed by atoms with E-state index < -0.39 is 36.6 Å². The van der Waals surface area contributed by atoms with Gasteiger partial charge in [-0.2, -0.15) is 0 Å². The Morgan fingerprint density at radius 1 is 1.03 bits per heavy atom. The Balaban J connectivity index is 1.83. The summed E-state index contributed by atoms with van der Waals surface area (Å²) in [4.78, 5) is 34.8. The zero-order chi connectivity index (χ0) is 21.2. The summed E-state index contributed by atoms with van der Waals surface area (Å²) < 4.78 is 36.8. The van der Waals surface area contributed by atoms with Crippen molar-refractivity contribution in [2.45, 2.75) is 13.3 Å². The van der Waals surface area contributed by atoms with Crippen LogP contribution in [-0.4, -0.2) is 37.9 Å². The smallest absolute Gasteiger partial charge is 0.258 e. The van der Waals surface area contributed by atoms with Gasteiger partial charge >= 0.3 is 0 Å². The first-order valence-corrected chi connectivity index (χ1v) is 8.79. The summed E-state index contributed by atoms with van der Waals surface area (Å²) in [6.07, 6.45) is 1.40. The van der Waals surface area contributed by atoms with Gasteiger partial charge in [0.15, 0.2) is 24.5 Å². The Morgan fingerprint density at radius 2 is 1.83 bits per heavy atom. The number of ether oxygens (including phenoxy) is 2. The average Bonchev–Trinajstić information content (AvgIpc) is 2.71. The number of carbonyl (C=O) groups excluding carboxylic acids is 3. The van der Waals surface area contributed by atoms with Gasteiger partial charge < -0.3 is 20.1 Å². The number of halogens is 2. The fraction of sp³-hybridized carbons (Fsp3) is 0.250. The predicted molar refractivity (Wildman–Crippen MR) is 101 cm³/mol. The highest BCUT2D eigenvalue weighted by Crippen LogP contribution is 2.24. The average molecular weight is 406 g/mol. The van der Waals surface area contributed by atoms with Gasteiger partial charge in [0.05, 0.1) is 18.7 Å². The number of carbonyl (C=O) groups is 3. The van der Waals surface area contributed by atoms with Crippen LogP contribution in [0.2, 0.25) is 0 Å². The van der Waals surface area contributed by atoms with Gasteiger partial charge in [0.1, 0.15) is 11.5 Å². The van der Waals surface area contributed by atoms with Crippen molar-refractivity contribution in [3.8, 4) is 11.5 Å². The Hall–Kier alpha value is -3.49. The molecule has 0 aliphatic carbocycles. The van der Waals surface area contributed by atoms with Crippen molar-refractivity contribution in [3.63, 3.8) is 0 Å². The minimum absolute atomic E-state index is 0.0546. The predicted octanol–water partition coefficient (Wildman–Crippen LogP) is 2.70. The molecule has 29 heavy (non-hydrogen) atoms. The second kappa shape index (κ2) is 10.7. The first-order chi connectivity index (χ1) is 13.9. The highest BCUT2D eigenvalue weighted by atomic mass is 19.2. The minimum atomic E-state index is -1.10. The molecule has 0 fully saturated rings. The molecular weight excluding hydrogens is 386 g/mol. The number of rotatable bonds is 10. The van der Waals surface area contributed by atoms with E-state index in [4.69, 9.17) is 9.47 Å². The van der Waals surface area contributed by atoms with Gasteiger partial charge in [0.25, 0.3) is 5.91 Å². The standard InChI is InChI=1S/C20H20F2N2O5/c1-2-7-28-15-5-3-13(11-25)18(9-15)29-12-20(27)23-10-19(26)24-14-4-6-16(21)17(22)8-14/h3-6,8-9,11H,2,7,10,12H2,1H3,(H,23,27)(H,24,26). The Kier molecular flexibility index (Phi) is 8.08. The fourth-order valence-electron chi connectivity index (χ4n) is 2.20. The van der Waals surface area contributed by atoms with E-state index in [9.17, 15) is 23.2 Å². The topological polar surface area (TPSA) is 93.7 Å². The number of amides is 2. The van der Waals surface area contributed by atoms with Crippen LogP contribution < -0.4 is 20.1 Å². The highest BCUT2D eigenvalue weighted by Gasteiger charge is 2.11. The first-order valence-electron chi connectivity index (χ1n) is 8.79. The van der Waals surface area contributed by atoms with Crippen molar-refractivity contribution in [2.75, 3.05) is 25.1 Å². The third-order valence-electron chi connectivity index (χ3n) is 3.59. The number of hydrogen-bond acceptors (Lipinski definition) is 5. The van der Waals surface area contributed by atoms with Gasteiger partial charge in [0.2, 0.25) is 5.91 Å². The fourth-order valence-corrected chi connectivity index (χ4v) is 2.20. The number of anilines is 1. The van der Waals surface area contributed by atoms with Gasteiger partial charge in [-0.05, 0) is 30.7 Å². The Bertz CT molecular complexity index is 889. The van der Waals surface area contributed by atoms with Crippen LogP contribution in [0.5, 0.6) is 11.5 Å². The lowest BCUT2D eigenvalue weighted by atomic mass is 10.2. The Morgan fingerprint density at radius 3 is 2.52 bits per heavy atom. The molecule has 7 nitrogen and oxygen atoms in total. The monoisotopic (exact) mass is 406 g/mol. The number of benzene rings is 2. The molecule has 0 saturated heterocycles. The van der Waals surface area contributed by atoms with Crippen LogP contribution in [0.3, 0.4) is 0 Å². The summed E-state index contributed by atoms with van der Waals surface area (Å²) in [6.45, 7) is 1.61. The molecule has 0 radical (unpaired) electrons. The second-order valence-electron chi connectivity index (χ2n) is 5.91. The summed E-state index contributed by atoms with van der Waals surface area (Å²) in [5.74, 6) is -2.70. The third-order valence-corrected chi connectivity index (χ3v) is 3.59. The van der Waals surface area contributed by atoms with E-state index in [0.29, 0.717) is 18.6 Å². The maximum atomic E-state index is 13.1. The maximum absolute atomic E-state index is 13.1. The van der Waals surface area contributed by atoms with Gasteiger partial charge in [-0.3, -0.25) is 14.4 Å². The molecule has 2 aromatic carbocycles. The molecule has 0 aliphatic heterocycles. The van der Waals surface area contributed by atoms with Crippen LogP contribution in [0.15, 0.2) is 36.4 Å². The minimum Gasteiger partial charge on any atom is -0.493 e. The van der Waals surface area contributed by atoms with E-state index in [1.165, 1.54) is 18.2 Å². The molecule has 0 heterocycles. The van der Waals surface area contributed by atoms with Crippen LogP contribution in [0.4, 0.5) is 14.5 Å². The molecule has 2 rings (SSSR count). The maximum Gasteiger partial charge on any atom is 0.258 e. The van der Waals surface area contributed by atoms with E-state index in [2.05, 4.69) is 10.6 Å². The van der Waals surface area contributed by atoms with Crippen molar-refractivity contribution in [3.05, 3.63) is 53.6 Å². The molecule has 0 unspecified atom stereocenters. The van der Waals surface area contributed by atoms with Crippen molar-refractivity contribution < 1.29 is 32.6 Å². The summed E-state index contributed by atoms with van der Waals surface area (Å²) in [6, 6.07) is 7.53. The Labute approximate surface area is 166 Å². The summed E-state index contributed by atoms with van der Waals surface area (Å²) >= 11 is 0. The normalized spacial score (nSPS) is 10.2. The van der Waals surface area contributed by atoms with Crippen molar-refractivity contribution in [1.82, 2.24) is 5.32 Å². The van der Waals surface area contributed by atoms with Crippen LogP contribution in [0.1, 0.15) is 23.7 Å². The van der Waals surface area contributed by atoms with Crippen LogP contribution in [0, 0.1) is 11.6 Å². The number of aldehydes is 1. The molecule has 2 N–H and O–H groups in total. The van der Waals surface area contributed by atoms with Gasteiger partial charge in [-0.15, -0.1) is 0 Å². The van der Waals surface area contributed by atoms with Crippen LogP contribution >= 0.6 is 0 Å². The SMILES string of the molecule is CCCOc1ccc(C=O)c(OCC(=O)NCC(=O)Nc2ccc(F)c(F)c2)c1. The third kappa shape index (κ3) is 6.87. The first kappa shape index (κ1) is 21.8. The molecule has 2 aromatic rings. The molecular formula is C20H20F2N2O5. The molecule has 0 spiro atoms. The van der Waals surface area contributed by atoms with Gasteiger partial charge in [-0.25, -0.2) is 8.78 Å². The van der Waals surface area contributed by atoms with Crippen LogP contribution in [-0.2, 0) is 9.59 Å². The van der Waals surface area contributed by atoms with E-state index in [0.717, 1.165) is 18.6 Å². The van der Waals surface area contributed by atoms with Crippen LogP contribution in [0.25, 0.3) is 0 Å². The quantitative estimate of drug-likeness (QED) is 0.592. The lowest BCUT2D eigenvalue weighted by Crippen LogP contribution is -2.35. The largest absolute Gasteiger partial charge is 0.493 e. The van der Waals surface area contributed by atoms with Gasteiger partial charge in [-0.1, -0.05) is 6.92 Å². The lowest BCUT2D eigenvalue weighted by Gasteiger charge is -2.11. The molecule has 2 amide bonds. The zero-order valence-electron chi connectivity index (χ0n) is 15.7. The summed E-state index contributed by atoms with van der Waals surface area (Å²) in [5, 5.41) is 4.64. The number of nitrogens with one attached hydrogen (secondary N) is 2. The second-order valence-corrected chi connectivity index (χ2v) is 5.91. The highest BCUT2D eigenvalue weighted by molar-refractivity contribution is 5.94. The van der Waals surface area contributed by atoms with Gasteiger partial charge in [0, 0.05) is 17.8 Å². The molecule has 0 atom stereocenters. The molecule has 0 bridgehead atoms. The summed E-state index contributed by atoms with van der Waals surface area (Å²) in [5.41, 5.74) is 0.302. The molecule has 154 valence electrons. The van der Waals surface area contributed by atoms with Crippen molar-refractivity contribution in [1.29, 1.82) is 0 Å². The van der Waals surface area contributed by atoms with E-state index in [1.807, 2.05) is 6.92 Å². The summed E-state index contributed by atoms with van der Waals surface area (Å²) in [7, 11) is 0. The molecule has 0 saturated carbocycles. The van der Waals surface area contributed by atoms with Crippen molar-refractivity contribution in [2.24, 2.45) is 0 Å². The van der Waals surface area contributed by atoms with E-state index in [1.54, 1.807) is 6.07 Å². The zero-order valence-corrected chi connectivity index (χ0v) is 15.7. The van der Waals surface area contributed by atoms with Crippen molar-refractivity contribution >= 4 is 23.8 Å². The molecule has 0 aromatic heterocycles. The number of hydrogen-bond donors (Lipinski definition) is 2. The van der Waals surface area contributed by atoms with E-state index in [-0.39, 0.29) is 17.0 Å².